The Morgan fingerprint density at radius 3 is 3.00 bits per heavy atom. The molecule has 1 rings (SSSR count). The van der Waals surface area contributed by atoms with Crippen LogP contribution < -0.4 is 0 Å². The van der Waals surface area contributed by atoms with Gasteiger partial charge in [0.25, 0.3) is 0 Å². The van der Waals surface area contributed by atoms with E-state index in [1.54, 1.807) is 6.20 Å². The minimum absolute atomic E-state index is 0.517. The third-order valence-electron chi connectivity index (χ3n) is 2.00. The fraction of sp³-hybridized carbons (Fsp3) is 0.600. The lowest BCUT2D eigenvalue weighted by atomic mass is 10.1. The van der Waals surface area contributed by atoms with Gasteiger partial charge in [0.05, 0.1) is 0 Å². The zero-order valence-corrected chi connectivity index (χ0v) is 8.20. The summed E-state index contributed by atoms with van der Waals surface area (Å²) in [6.07, 6.45) is 5.85. The van der Waals surface area contributed by atoms with Crippen LogP contribution in [0.5, 0.6) is 0 Å². The molecule has 0 bridgehead atoms. The van der Waals surface area contributed by atoms with Gasteiger partial charge in [-0.25, -0.2) is 4.98 Å². The number of hydrogen-bond donors (Lipinski definition) is 0. The largest absolute Gasteiger partial charge is 0.323 e. The highest BCUT2D eigenvalue weighted by Crippen LogP contribution is 2.06. The second kappa shape index (κ2) is 4.66. The average Bonchev–Trinajstić information content (AvgIpc) is 2.51. The first-order valence-electron chi connectivity index (χ1n) is 4.65. The van der Waals surface area contributed by atoms with Crippen LogP contribution >= 0.6 is 0 Å². The van der Waals surface area contributed by atoms with Gasteiger partial charge in [0.15, 0.2) is 0 Å². The number of aromatic nitrogens is 2. The van der Waals surface area contributed by atoms with Crippen molar-refractivity contribution in [1.29, 1.82) is 5.26 Å². The van der Waals surface area contributed by atoms with Gasteiger partial charge in [0.2, 0.25) is 5.82 Å². The third-order valence-corrected chi connectivity index (χ3v) is 2.00. The first kappa shape index (κ1) is 9.79. The molecule has 0 amide bonds. The van der Waals surface area contributed by atoms with Gasteiger partial charge in [-0.1, -0.05) is 13.8 Å². The smallest absolute Gasteiger partial charge is 0.212 e. The SMILES string of the molecule is CC(C)CCCn1ccnc1C#N. The van der Waals surface area contributed by atoms with Gasteiger partial charge in [-0.2, -0.15) is 5.26 Å². The van der Waals surface area contributed by atoms with E-state index >= 15 is 0 Å². The van der Waals surface area contributed by atoms with E-state index in [0.717, 1.165) is 18.9 Å². The molecule has 3 nitrogen and oxygen atoms in total. The van der Waals surface area contributed by atoms with E-state index in [1.165, 1.54) is 6.42 Å². The maximum absolute atomic E-state index is 8.68. The maximum Gasteiger partial charge on any atom is 0.212 e. The Hall–Kier alpha value is -1.30. The summed E-state index contributed by atoms with van der Waals surface area (Å²) in [5.41, 5.74) is 0. The summed E-state index contributed by atoms with van der Waals surface area (Å²) < 4.78 is 1.91. The van der Waals surface area contributed by atoms with Crippen LogP contribution in [0, 0.1) is 17.2 Å². The molecule has 0 unspecified atom stereocenters. The Kier molecular flexibility index (Phi) is 3.51. The maximum atomic E-state index is 8.68. The highest BCUT2D eigenvalue weighted by Gasteiger charge is 2.00. The van der Waals surface area contributed by atoms with Crippen molar-refractivity contribution in [3.8, 4) is 6.07 Å². The van der Waals surface area contributed by atoms with Gasteiger partial charge in [-0.05, 0) is 18.8 Å². The summed E-state index contributed by atoms with van der Waals surface area (Å²) in [7, 11) is 0. The van der Waals surface area contributed by atoms with Crippen LogP contribution in [0.1, 0.15) is 32.5 Å². The quantitative estimate of drug-likeness (QED) is 0.707. The molecule has 1 heterocycles. The molecule has 0 saturated heterocycles. The first-order chi connectivity index (χ1) is 6.24. The van der Waals surface area contributed by atoms with Crippen molar-refractivity contribution in [2.45, 2.75) is 33.2 Å². The van der Waals surface area contributed by atoms with Crippen LogP contribution in [-0.4, -0.2) is 9.55 Å². The Morgan fingerprint density at radius 1 is 1.62 bits per heavy atom. The first-order valence-corrected chi connectivity index (χ1v) is 4.65. The van der Waals surface area contributed by atoms with Crippen molar-refractivity contribution < 1.29 is 0 Å². The molecular formula is C10H15N3. The van der Waals surface area contributed by atoms with Crippen LogP contribution in [0.2, 0.25) is 0 Å². The second-order valence-electron chi connectivity index (χ2n) is 3.59. The fourth-order valence-electron chi connectivity index (χ4n) is 1.27. The van der Waals surface area contributed by atoms with Crippen LogP contribution in [-0.2, 0) is 6.54 Å². The molecule has 1 aromatic heterocycles. The average molecular weight is 177 g/mol. The van der Waals surface area contributed by atoms with Crippen LogP contribution in [0.4, 0.5) is 0 Å². The molecule has 1 aromatic rings. The fourth-order valence-corrected chi connectivity index (χ4v) is 1.27. The lowest BCUT2D eigenvalue weighted by molar-refractivity contribution is 0.510. The van der Waals surface area contributed by atoms with E-state index in [0.29, 0.717) is 5.82 Å². The normalized spacial score (nSPS) is 10.3. The Bertz CT molecular complexity index is 293. The van der Waals surface area contributed by atoms with Gasteiger partial charge in [-0.15, -0.1) is 0 Å². The van der Waals surface area contributed by atoms with Crippen LogP contribution in [0.15, 0.2) is 12.4 Å². The van der Waals surface area contributed by atoms with Crippen molar-refractivity contribution in [3.63, 3.8) is 0 Å². The van der Waals surface area contributed by atoms with Gasteiger partial charge in [-0.3, -0.25) is 0 Å². The lowest BCUT2D eigenvalue weighted by Crippen LogP contribution is -2.01. The molecule has 0 atom stereocenters. The molecule has 0 aliphatic rings. The van der Waals surface area contributed by atoms with E-state index in [9.17, 15) is 0 Å². The molecule has 3 heteroatoms. The van der Waals surface area contributed by atoms with Crippen LogP contribution in [0.3, 0.4) is 0 Å². The molecule has 0 radical (unpaired) electrons. The van der Waals surface area contributed by atoms with Gasteiger partial charge in [0.1, 0.15) is 6.07 Å². The summed E-state index contributed by atoms with van der Waals surface area (Å²) in [4.78, 5) is 3.93. The molecule has 0 fully saturated rings. The van der Waals surface area contributed by atoms with Crippen LogP contribution in [0.25, 0.3) is 0 Å². The predicted molar refractivity (Wildman–Crippen MR) is 51.0 cm³/mol. The molecule has 0 saturated carbocycles. The van der Waals surface area contributed by atoms with E-state index in [-0.39, 0.29) is 0 Å². The topological polar surface area (TPSA) is 41.6 Å². The van der Waals surface area contributed by atoms with Crippen molar-refractivity contribution in [2.75, 3.05) is 0 Å². The monoisotopic (exact) mass is 177 g/mol. The summed E-state index contributed by atoms with van der Waals surface area (Å²) in [6, 6.07) is 2.07. The minimum atomic E-state index is 0.517. The second-order valence-corrected chi connectivity index (χ2v) is 3.59. The predicted octanol–water partition coefficient (Wildman–Crippen LogP) is 2.19. The van der Waals surface area contributed by atoms with Crippen molar-refractivity contribution in [3.05, 3.63) is 18.2 Å². The Labute approximate surface area is 79.0 Å². The van der Waals surface area contributed by atoms with Gasteiger partial charge >= 0.3 is 0 Å². The standard InChI is InChI=1S/C10H15N3/c1-9(2)4-3-6-13-7-5-12-10(13)8-11/h5,7,9H,3-4,6H2,1-2H3. The number of nitrogens with zero attached hydrogens (tertiary/aromatic N) is 3. The Balaban J connectivity index is 2.41. The number of imidazole rings is 1. The van der Waals surface area contributed by atoms with E-state index in [2.05, 4.69) is 24.9 Å². The lowest BCUT2D eigenvalue weighted by Gasteiger charge is -2.05. The number of nitriles is 1. The number of aryl methyl sites for hydroxylation is 1. The van der Waals surface area contributed by atoms with E-state index < -0.39 is 0 Å². The molecule has 70 valence electrons. The third kappa shape index (κ3) is 2.90. The molecule has 0 aromatic carbocycles. The van der Waals surface area contributed by atoms with E-state index in [1.807, 2.05) is 10.8 Å². The van der Waals surface area contributed by atoms with Gasteiger partial charge in [0, 0.05) is 18.9 Å². The highest BCUT2D eigenvalue weighted by atomic mass is 15.1. The van der Waals surface area contributed by atoms with Crippen molar-refractivity contribution in [1.82, 2.24) is 9.55 Å². The zero-order chi connectivity index (χ0) is 9.68. The van der Waals surface area contributed by atoms with Crippen molar-refractivity contribution >= 4 is 0 Å². The molecule has 0 N–H and O–H groups in total. The van der Waals surface area contributed by atoms with Gasteiger partial charge < -0.3 is 4.57 Å². The summed E-state index contributed by atoms with van der Waals surface area (Å²) in [5, 5.41) is 8.68. The molecule has 0 aliphatic heterocycles. The molecule has 0 aliphatic carbocycles. The number of rotatable bonds is 4. The van der Waals surface area contributed by atoms with Crippen molar-refractivity contribution in [2.24, 2.45) is 5.92 Å². The Morgan fingerprint density at radius 2 is 2.38 bits per heavy atom. The number of hydrogen-bond acceptors (Lipinski definition) is 2. The summed E-state index contributed by atoms with van der Waals surface area (Å²) in [6.45, 7) is 5.32. The highest BCUT2D eigenvalue weighted by molar-refractivity contribution is 5.10. The molecule has 0 spiro atoms. The summed E-state index contributed by atoms with van der Waals surface area (Å²) >= 11 is 0. The zero-order valence-electron chi connectivity index (χ0n) is 8.20. The van der Waals surface area contributed by atoms with E-state index in [4.69, 9.17) is 5.26 Å². The minimum Gasteiger partial charge on any atom is -0.323 e. The molecule has 13 heavy (non-hydrogen) atoms. The molecular weight excluding hydrogens is 162 g/mol. The summed E-state index contributed by atoms with van der Waals surface area (Å²) in [5.74, 6) is 1.25.